The van der Waals surface area contributed by atoms with Gasteiger partial charge in [0.05, 0.1) is 6.61 Å². The van der Waals surface area contributed by atoms with Crippen molar-refractivity contribution in [3.05, 3.63) is 0 Å². The van der Waals surface area contributed by atoms with Crippen molar-refractivity contribution >= 4 is 5.97 Å². The Bertz CT molecular complexity index is 136. The maximum absolute atomic E-state index is 11.0. The fourth-order valence-electron chi connectivity index (χ4n) is 0.579. The lowest BCUT2D eigenvalue weighted by Crippen LogP contribution is -2.35. The van der Waals surface area contributed by atoms with Crippen LogP contribution in [0.2, 0.25) is 0 Å². The van der Waals surface area contributed by atoms with Gasteiger partial charge in [0.1, 0.15) is 0 Å². The van der Waals surface area contributed by atoms with Crippen LogP contribution < -0.4 is 5.73 Å². The van der Waals surface area contributed by atoms with Gasteiger partial charge in [0.2, 0.25) is 6.23 Å². The molecule has 0 spiro atoms. The SMILES string of the molecule is CCOC(N)C(=O)OCC(C)C. The van der Waals surface area contributed by atoms with Crippen molar-refractivity contribution in [1.29, 1.82) is 0 Å². The predicted octanol–water partition coefficient (Wildman–Crippen LogP) is 0.507. The van der Waals surface area contributed by atoms with Crippen LogP contribution in [-0.4, -0.2) is 25.4 Å². The Labute approximate surface area is 73.0 Å². The van der Waals surface area contributed by atoms with E-state index in [1.807, 2.05) is 13.8 Å². The molecule has 12 heavy (non-hydrogen) atoms. The van der Waals surface area contributed by atoms with E-state index in [-0.39, 0.29) is 0 Å². The second-order valence-electron chi connectivity index (χ2n) is 2.90. The second kappa shape index (κ2) is 5.97. The molecule has 0 saturated carbocycles. The van der Waals surface area contributed by atoms with E-state index in [0.29, 0.717) is 19.1 Å². The number of carbonyl (C=O) groups excluding carboxylic acids is 1. The number of carbonyl (C=O) groups is 1. The lowest BCUT2D eigenvalue weighted by molar-refractivity contribution is -0.157. The summed E-state index contributed by atoms with van der Waals surface area (Å²) in [5, 5.41) is 0. The summed E-state index contributed by atoms with van der Waals surface area (Å²) in [5.74, 6) is -0.173. The van der Waals surface area contributed by atoms with E-state index in [9.17, 15) is 4.79 Å². The van der Waals surface area contributed by atoms with E-state index in [4.69, 9.17) is 15.2 Å². The number of hydrogen-bond acceptors (Lipinski definition) is 4. The third-order valence-electron chi connectivity index (χ3n) is 1.14. The van der Waals surface area contributed by atoms with Crippen LogP contribution in [0.1, 0.15) is 20.8 Å². The molecule has 4 nitrogen and oxygen atoms in total. The number of nitrogens with two attached hydrogens (primary N) is 1. The van der Waals surface area contributed by atoms with Crippen LogP contribution in [0.5, 0.6) is 0 Å². The molecule has 0 radical (unpaired) electrons. The van der Waals surface area contributed by atoms with E-state index >= 15 is 0 Å². The first-order valence-corrected chi connectivity index (χ1v) is 4.11. The average Bonchev–Trinajstić information content (AvgIpc) is 2.00. The summed E-state index contributed by atoms with van der Waals surface area (Å²) in [7, 11) is 0. The minimum Gasteiger partial charge on any atom is -0.462 e. The molecule has 1 atom stereocenters. The van der Waals surface area contributed by atoms with Crippen LogP contribution in [0, 0.1) is 5.92 Å². The van der Waals surface area contributed by atoms with E-state index < -0.39 is 12.2 Å². The first-order valence-electron chi connectivity index (χ1n) is 4.11. The van der Waals surface area contributed by atoms with Gasteiger partial charge >= 0.3 is 5.97 Å². The van der Waals surface area contributed by atoms with Gasteiger partial charge in [-0.2, -0.15) is 0 Å². The quantitative estimate of drug-likeness (QED) is 0.488. The molecule has 0 amide bonds. The highest BCUT2D eigenvalue weighted by Crippen LogP contribution is 1.95. The van der Waals surface area contributed by atoms with E-state index in [0.717, 1.165) is 0 Å². The van der Waals surface area contributed by atoms with Crippen molar-refractivity contribution in [1.82, 2.24) is 0 Å². The third kappa shape index (κ3) is 5.09. The Hall–Kier alpha value is -0.610. The molecule has 72 valence electrons. The maximum atomic E-state index is 11.0. The molecule has 0 aliphatic rings. The number of esters is 1. The lowest BCUT2D eigenvalue weighted by atomic mass is 10.2. The molecule has 0 rings (SSSR count). The minimum absolute atomic E-state index is 0.322. The molecule has 0 heterocycles. The van der Waals surface area contributed by atoms with Gasteiger partial charge in [-0.05, 0) is 12.8 Å². The van der Waals surface area contributed by atoms with E-state index in [1.54, 1.807) is 6.92 Å². The van der Waals surface area contributed by atoms with E-state index in [2.05, 4.69) is 0 Å². The van der Waals surface area contributed by atoms with Crippen LogP contribution in [-0.2, 0) is 14.3 Å². The maximum Gasteiger partial charge on any atom is 0.350 e. The molecule has 0 aromatic heterocycles. The highest BCUT2D eigenvalue weighted by molar-refractivity contribution is 5.73. The summed E-state index contributed by atoms with van der Waals surface area (Å²) < 4.78 is 9.67. The molecule has 0 aliphatic heterocycles. The van der Waals surface area contributed by atoms with Crippen molar-refractivity contribution in [2.75, 3.05) is 13.2 Å². The smallest absolute Gasteiger partial charge is 0.350 e. The van der Waals surface area contributed by atoms with Crippen LogP contribution in [0.15, 0.2) is 0 Å². The number of hydrogen-bond donors (Lipinski definition) is 1. The molecule has 0 aliphatic carbocycles. The summed E-state index contributed by atoms with van der Waals surface area (Å²) in [4.78, 5) is 11.0. The lowest BCUT2D eigenvalue weighted by Gasteiger charge is -2.12. The summed E-state index contributed by atoms with van der Waals surface area (Å²) >= 11 is 0. The van der Waals surface area contributed by atoms with Crippen molar-refractivity contribution in [2.24, 2.45) is 11.7 Å². The summed E-state index contributed by atoms with van der Waals surface area (Å²) in [6, 6.07) is 0. The first kappa shape index (κ1) is 11.4. The van der Waals surface area contributed by atoms with Crippen molar-refractivity contribution in [2.45, 2.75) is 27.0 Å². The summed E-state index contributed by atoms with van der Waals surface area (Å²) in [6.07, 6.45) is -0.936. The van der Waals surface area contributed by atoms with Crippen LogP contribution in [0.25, 0.3) is 0 Å². The van der Waals surface area contributed by atoms with Gasteiger partial charge in [-0.15, -0.1) is 0 Å². The van der Waals surface area contributed by atoms with Crippen molar-refractivity contribution < 1.29 is 14.3 Å². The fraction of sp³-hybridized carbons (Fsp3) is 0.875. The average molecular weight is 175 g/mol. The number of ether oxygens (including phenoxy) is 2. The second-order valence-corrected chi connectivity index (χ2v) is 2.90. The molecule has 0 bridgehead atoms. The largest absolute Gasteiger partial charge is 0.462 e. The van der Waals surface area contributed by atoms with E-state index in [1.165, 1.54) is 0 Å². The van der Waals surface area contributed by atoms with Gasteiger partial charge in [-0.1, -0.05) is 13.8 Å². The summed E-state index contributed by atoms with van der Waals surface area (Å²) in [6.45, 7) is 6.49. The molecule has 0 aromatic rings. The zero-order valence-electron chi connectivity index (χ0n) is 7.87. The minimum atomic E-state index is -0.936. The Morgan fingerprint density at radius 1 is 1.50 bits per heavy atom. The molecule has 2 N–H and O–H groups in total. The molecular formula is C8H17NO3. The Kier molecular flexibility index (Phi) is 5.66. The Morgan fingerprint density at radius 2 is 2.08 bits per heavy atom. The normalized spacial score (nSPS) is 13.1. The fourth-order valence-corrected chi connectivity index (χ4v) is 0.579. The molecular weight excluding hydrogens is 158 g/mol. The van der Waals surface area contributed by atoms with Gasteiger partial charge in [0.15, 0.2) is 0 Å². The first-order chi connectivity index (χ1) is 5.57. The molecule has 1 unspecified atom stereocenters. The molecule has 4 heteroatoms. The summed E-state index contributed by atoms with van der Waals surface area (Å²) in [5.41, 5.74) is 5.32. The van der Waals surface area contributed by atoms with Crippen molar-refractivity contribution in [3.8, 4) is 0 Å². The Balaban J connectivity index is 3.57. The molecule has 0 saturated heterocycles. The number of rotatable bonds is 5. The molecule has 0 fully saturated rings. The zero-order valence-corrected chi connectivity index (χ0v) is 7.87. The van der Waals surface area contributed by atoms with Gasteiger partial charge in [-0.3, -0.25) is 5.73 Å². The third-order valence-corrected chi connectivity index (χ3v) is 1.14. The van der Waals surface area contributed by atoms with Gasteiger partial charge in [0.25, 0.3) is 0 Å². The zero-order chi connectivity index (χ0) is 9.56. The predicted molar refractivity (Wildman–Crippen MR) is 45.4 cm³/mol. The Morgan fingerprint density at radius 3 is 2.50 bits per heavy atom. The topological polar surface area (TPSA) is 61.5 Å². The molecule has 0 aromatic carbocycles. The highest BCUT2D eigenvalue weighted by Gasteiger charge is 2.14. The van der Waals surface area contributed by atoms with Crippen LogP contribution in [0.4, 0.5) is 0 Å². The van der Waals surface area contributed by atoms with Gasteiger partial charge < -0.3 is 9.47 Å². The highest BCUT2D eigenvalue weighted by atomic mass is 16.6. The van der Waals surface area contributed by atoms with Crippen molar-refractivity contribution in [3.63, 3.8) is 0 Å². The van der Waals surface area contributed by atoms with Crippen LogP contribution in [0.3, 0.4) is 0 Å². The van der Waals surface area contributed by atoms with Gasteiger partial charge in [-0.25, -0.2) is 4.79 Å². The monoisotopic (exact) mass is 175 g/mol. The van der Waals surface area contributed by atoms with Crippen LogP contribution >= 0.6 is 0 Å². The standard InChI is InChI=1S/C8H17NO3/c1-4-11-7(9)8(10)12-5-6(2)3/h6-7H,4-5,9H2,1-3H3. The van der Waals surface area contributed by atoms with Gasteiger partial charge in [0, 0.05) is 6.61 Å².